The van der Waals surface area contributed by atoms with E-state index < -0.39 is 0 Å². The standard InChI is InChI=1S/C40H31FN2O3S/c1-2-45-35-22-25(14-21-34(35)46-24-29-11-7-10-26-8-3-5-12-31(26)29)23-36-39(44)43-38(28-15-18-30(41)19-16-28)33-20-17-27-9-4-6-13-32(27)37(33)42-40(43)47-36/h3-16,18-19,21-23,38H,2,17,20,24H2,1H3. The first-order valence-corrected chi connectivity index (χ1v) is 16.6. The van der Waals surface area contributed by atoms with Crippen LogP contribution in [0.25, 0.3) is 22.5 Å². The van der Waals surface area contributed by atoms with E-state index >= 15 is 0 Å². The van der Waals surface area contributed by atoms with Crippen molar-refractivity contribution in [2.75, 3.05) is 6.61 Å². The molecule has 0 bridgehead atoms. The molecule has 0 saturated carbocycles. The van der Waals surface area contributed by atoms with Crippen molar-refractivity contribution in [3.63, 3.8) is 0 Å². The fraction of sp³-hybridized carbons (Fsp3) is 0.150. The third kappa shape index (κ3) is 5.36. The second-order valence-electron chi connectivity index (χ2n) is 11.7. The lowest BCUT2D eigenvalue weighted by molar-refractivity contribution is 0.270. The van der Waals surface area contributed by atoms with Gasteiger partial charge in [0.15, 0.2) is 16.3 Å². The van der Waals surface area contributed by atoms with Gasteiger partial charge in [-0.25, -0.2) is 9.38 Å². The van der Waals surface area contributed by atoms with Crippen molar-refractivity contribution in [2.24, 2.45) is 4.99 Å². The van der Waals surface area contributed by atoms with Crippen LogP contribution in [0.3, 0.4) is 0 Å². The molecule has 2 heterocycles. The van der Waals surface area contributed by atoms with E-state index in [9.17, 15) is 9.18 Å². The first kappa shape index (κ1) is 29.2. The minimum Gasteiger partial charge on any atom is -0.490 e. The van der Waals surface area contributed by atoms with E-state index in [1.165, 1.54) is 34.4 Å². The Morgan fingerprint density at radius 3 is 2.57 bits per heavy atom. The number of rotatable bonds is 7. The van der Waals surface area contributed by atoms with Gasteiger partial charge in [0.25, 0.3) is 5.56 Å². The van der Waals surface area contributed by atoms with Gasteiger partial charge in [0.1, 0.15) is 12.4 Å². The van der Waals surface area contributed by atoms with Crippen molar-refractivity contribution < 1.29 is 13.9 Å². The summed E-state index contributed by atoms with van der Waals surface area (Å²) < 4.78 is 28.6. The maximum atomic E-state index is 14.2. The highest BCUT2D eigenvalue weighted by molar-refractivity contribution is 7.07. The van der Waals surface area contributed by atoms with E-state index in [0.717, 1.165) is 51.8 Å². The van der Waals surface area contributed by atoms with Crippen molar-refractivity contribution in [3.05, 3.63) is 168 Å². The number of nitrogens with zero attached hydrogens (tertiary/aromatic N) is 2. The van der Waals surface area contributed by atoms with Gasteiger partial charge in [0.2, 0.25) is 0 Å². The van der Waals surface area contributed by atoms with Gasteiger partial charge in [-0.2, -0.15) is 0 Å². The van der Waals surface area contributed by atoms with Crippen LogP contribution in [0.4, 0.5) is 4.39 Å². The quantitative estimate of drug-likeness (QED) is 0.181. The van der Waals surface area contributed by atoms with Gasteiger partial charge >= 0.3 is 0 Å². The molecule has 7 heteroatoms. The van der Waals surface area contributed by atoms with Gasteiger partial charge < -0.3 is 9.47 Å². The summed E-state index contributed by atoms with van der Waals surface area (Å²) in [5, 5.41) is 2.33. The van der Waals surface area contributed by atoms with Crippen LogP contribution >= 0.6 is 11.3 Å². The lowest BCUT2D eigenvalue weighted by atomic mass is 9.83. The predicted octanol–water partition coefficient (Wildman–Crippen LogP) is 7.59. The third-order valence-corrected chi connectivity index (χ3v) is 9.87. The number of aromatic nitrogens is 1. The molecule has 0 fully saturated rings. The highest BCUT2D eigenvalue weighted by atomic mass is 32.1. The fourth-order valence-corrected chi connectivity index (χ4v) is 7.70. The second-order valence-corrected chi connectivity index (χ2v) is 12.7. The summed E-state index contributed by atoms with van der Waals surface area (Å²) in [5.74, 6) is 0.950. The number of hydrogen-bond donors (Lipinski definition) is 0. The molecular formula is C40H31FN2O3S. The SMILES string of the molecule is CCOc1cc(C=c2sc3n(c2=O)C(c2ccc(F)cc2)C2=C(N=3)c3ccccc3CC2)ccc1OCc1cccc2ccccc12. The number of halogens is 1. The van der Waals surface area contributed by atoms with Gasteiger partial charge in [-0.1, -0.05) is 96.3 Å². The number of benzene rings is 5. The number of allylic oxidation sites excluding steroid dienone is 1. The number of hydrogen-bond acceptors (Lipinski definition) is 5. The molecule has 5 nitrogen and oxygen atoms in total. The van der Waals surface area contributed by atoms with Crippen molar-refractivity contribution in [1.29, 1.82) is 0 Å². The van der Waals surface area contributed by atoms with Gasteiger partial charge in [0.05, 0.1) is 22.9 Å². The third-order valence-electron chi connectivity index (χ3n) is 8.89. The Labute approximate surface area is 275 Å². The van der Waals surface area contributed by atoms with E-state index in [2.05, 4.69) is 42.5 Å². The summed E-state index contributed by atoms with van der Waals surface area (Å²) in [5.41, 5.74) is 7.01. The van der Waals surface area contributed by atoms with E-state index in [1.54, 1.807) is 16.7 Å². The molecule has 232 valence electrons. The average Bonchev–Trinajstić information content (AvgIpc) is 3.41. The summed E-state index contributed by atoms with van der Waals surface area (Å²) >= 11 is 1.37. The maximum Gasteiger partial charge on any atom is 0.271 e. The predicted molar refractivity (Wildman–Crippen MR) is 185 cm³/mol. The van der Waals surface area contributed by atoms with Crippen molar-refractivity contribution in [1.82, 2.24) is 4.57 Å². The molecule has 1 aliphatic carbocycles. The molecule has 6 aromatic rings. The molecule has 8 rings (SSSR count). The lowest BCUT2D eigenvalue weighted by Gasteiger charge is -2.30. The first-order valence-electron chi connectivity index (χ1n) is 15.8. The summed E-state index contributed by atoms with van der Waals surface area (Å²) in [4.78, 5) is 19.9. The van der Waals surface area contributed by atoms with Crippen LogP contribution < -0.4 is 24.4 Å². The molecule has 0 radical (unpaired) electrons. The first-order chi connectivity index (χ1) is 23.1. The minimum absolute atomic E-state index is 0.122. The fourth-order valence-electron chi connectivity index (χ4n) is 6.69. The Kier molecular flexibility index (Phi) is 7.54. The van der Waals surface area contributed by atoms with Crippen molar-refractivity contribution in [2.45, 2.75) is 32.4 Å². The average molecular weight is 639 g/mol. The van der Waals surface area contributed by atoms with Crippen LogP contribution in [0.2, 0.25) is 0 Å². The number of thiazole rings is 1. The molecule has 5 aromatic carbocycles. The summed E-state index contributed by atoms with van der Waals surface area (Å²) in [6.45, 7) is 2.81. The minimum atomic E-state index is -0.360. The number of aryl methyl sites for hydroxylation is 1. The highest BCUT2D eigenvalue weighted by Gasteiger charge is 2.32. The molecule has 1 aliphatic heterocycles. The van der Waals surface area contributed by atoms with E-state index in [1.807, 2.05) is 55.5 Å². The van der Waals surface area contributed by atoms with Crippen LogP contribution in [0.15, 0.2) is 125 Å². The summed E-state index contributed by atoms with van der Waals surface area (Å²) in [7, 11) is 0. The number of fused-ring (bicyclic) bond motifs is 4. The van der Waals surface area contributed by atoms with Gasteiger partial charge in [-0.05, 0) is 88.7 Å². The van der Waals surface area contributed by atoms with Gasteiger partial charge in [0, 0.05) is 5.56 Å². The van der Waals surface area contributed by atoms with Crippen LogP contribution in [0.1, 0.15) is 47.2 Å². The monoisotopic (exact) mass is 638 g/mol. The second kappa shape index (κ2) is 12.2. The zero-order valence-electron chi connectivity index (χ0n) is 25.8. The van der Waals surface area contributed by atoms with Crippen molar-refractivity contribution in [3.8, 4) is 11.5 Å². The van der Waals surface area contributed by atoms with Crippen LogP contribution in [0, 0.1) is 5.82 Å². The molecule has 0 N–H and O–H groups in total. The zero-order chi connectivity index (χ0) is 31.9. The molecule has 47 heavy (non-hydrogen) atoms. The zero-order valence-corrected chi connectivity index (χ0v) is 26.6. The molecule has 1 aromatic heterocycles. The van der Waals surface area contributed by atoms with Gasteiger partial charge in [-0.15, -0.1) is 0 Å². The Hall–Kier alpha value is -5.27. The Morgan fingerprint density at radius 2 is 1.70 bits per heavy atom. The van der Waals surface area contributed by atoms with Crippen molar-refractivity contribution >= 4 is 33.9 Å². The smallest absolute Gasteiger partial charge is 0.271 e. The maximum absolute atomic E-state index is 14.2. The van der Waals surface area contributed by atoms with Crippen LogP contribution in [0.5, 0.6) is 11.5 Å². The largest absolute Gasteiger partial charge is 0.490 e. The van der Waals surface area contributed by atoms with E-state index in [0.29, 0.717) is 34.0 Å². The van der Waals surface area contributed by atoms with Crippen LogP contribution in [-0.2, 0) is 13.0 Å². The summed E-state index contributed by atoms with van der Waals surface area (Å²) in [6.07, 6.45) is 3.53. The summed E-state index contributed by atoms with van der Waals surface area (Å²) in [6, 6.07) is 34.7. The molecule has 2 aliphatic rings. The van der Waals surface area contributed by atoms with Gasteiger partial charge in [-0.3, -0.25) is 9.36 Å². The topological polar surface area (TPSA) is 52.8 Å². The Balaban J connectivity index is 1.19. The Morgan fingerprint density at radius 1 is 0.894 bits per heavy atom. The van der Waals surface area contributed by atoms with E-state index in [4.69, 9.17) is 14.5 Å². The molecular weight excluding hydrogens is 608 g/mol. The number of ether oxygens (including phenoxy) is 2. The molecule has 1 atom stereocenters. The van der Waals surface area contributed by atoms with E-state index in [-0.39, 0.29) is 17.4 Å². The lowest BCUT2D eigenvalue weighted by Crippen LogP contribution is -2.38. The molecule has 1 unspecified atom stereocenters. The highest BCUT2D eigenvalue weighted by Crippen LogP contribution is 2.41. The Bertz CT molecular complexity index is 2370. The molecule has 0 spiro atoms. The molecule has 0 saturated heterocycles. The molecule has 0 amide bonds. The van der Waals surface area contributed by atoms with Crippen LogP contribution in [-0.4, -0.2) is 11.2 Å². The normalized spacial score (nSPS) is 15.5.